The molecule has 0 bridgehead atoms. The molecule has 0 unspecified atom stereocenters. The van der Waals surface area contributed by atoms with Gasteiger partial charge in [-0.25, -0.2) is 0 Å². The minimum Gasteiger partial charge on any atom is -0.483 e. The maximum atomic E-state index is 12.4. The van der Waals surface area contributed by atoms with Crippen LogP contribution in [0.5, 0.6) is 11.5 Å². The van der Waals surface area contributed by atoms with Crippen LogP contribution in [-0.2, 0) is 16.0 Å². The highest BCUT2D eigenvalue weighted by Gasteiger charge is 2.11. The van der Waals surface area contributed by atoms with E-state index in [-0.39, 0.29) is 25.0 Å². The fourth-order valence-electron chi connectivity index (χ4n) is 4.57. The molecule has 0 aliphatic carbocycles. The first-order valence-electron chi connectivity index (χ1n) is 13.1. The van der Waals surface area contributed by atoms with Crippen LogP contribution >= 0.6 is 31.9 Å². The monoisotopic (exact) mass is 678 g/mol. The van der Waals surface area contributed by atoms with Crippen LogP contribution in [0.4, 0.5) is 11.4 Å². The molecule has 4 aromatic carbocycles. The average Bonchev–Trinajstić information content (AvgIpc) is 2.89. The lowest BCUT2D eigenvalue weighted by atomic mass is 10.0. The Kier molecular flexibility index (Phi) is 10.2. The number of carbonyl (C=O) groups is 2. The number of carbonyl (C=O) groups excluding carboxylic acids is 2. The van der Waals surface area contributed by atoms with Gasteiger partial charge >= 0.3 is 0 Å². The van der Waals surface area contributed by atoms with Gasteiger partial charge in [0.25, 0.3) is 11.8 Å². The van der Waals surface area contributed by atoms with Crippen molar-refractivity contribution in [1.29, 1.82) is 0 Å². The molecule has 0 fully saturated rings. The van der Waals surface area contributed by atoms with Crippen molar-refractivity contribution in [3.05, 3.63) is 115 Å². The molecule has 8 heteroatoms. The molecule has 0 saturated carbocycles. The fraction of sp³-hybridized carbons (Fsp3) is 0.212. The molecule has 0 saturated heterocycles. The minimum atomic E-state index is -0.218. The van der Waals surface area contributed by atoms with Crippen molar-refractivity contribution in [2.24, 2.45) is 0 Å². The van der Waals surface area contributed by atoms with Crippen LogP contribution < -0.4 is 20.1 Å². The number of hydrogen-bond donors (Lipinski definition) is 2. The van der Waals surface area contributed by atoms with Crippen molar-refractivity contribution in [2.75, 3.05) is 23.8 Å². The Hall–Kier alpha value is -3.62. The Bertz CT molecular complexity index is 1390. The molecule has 0 aliphatic rings. The van der Waals surface area contributed by atoms with Crippen molar-refractivity contribution in [1.82, 2.24) is 0 Å². The summed E-state index contributed by atoms with van der Waals surface area (Å²) >= 11 is 6.94. The first-order chi connectivity index (χ1) is 19.6. The van der Waals surface area contributed by atoms with Crippen LogP contribution in [0.1, 0.15) is 33.4 Å². The molecule has 212 valence electrons. The van der Waals surface area contributed by atoms with E-state index in [4.69, 9.17) is 9.47 Å². The van der Waals surface area contributed by atoms with Crippen molar-refractivity contribution >= 4 is 55.0 Å². The van der Waals surface area contributed by atoms with E-state index in [2.05, 4.69) is 42.5 Å². The normalized spacial score (nSPS) is 10.7. The highest BCUT2D eigenvalue weighted by Crippen LogP contribution is 2.28. The van der Waals surface area contributed by atoms with Crippen LogP contribution in [0.3, 0.4) is 0 Å². The lowest BCUT2D eigenvalue weighted by molar-refractivity contribution is -0.118. The van der Waals surface area contributed by atoms with Gasteiger partial charge in [-0.2, -0.15) is 0 Å². The standard InChI is InChI=1S/C33H32Br2N2O4/c1-20-13-26(34)14-21(2)32(20)40-18-30(38)36-28-9-5-24(6-10-28)17-25-7-11-29(12-8-25)37-31(39)19-41-33-22(3)15-27(35)16-23(33)4/h5-16H,17-19H2,1-4H3,(H,36,38)(H,37,39). The van der Waals surface area contributed by atoms with Gasteiger partial charge in [-0.15, -0.1) is 0 Å². The third-order valence-electron chi connectivity index (χ3n) is 6.43. The van der Waals surface area contributed by atoms with E-state index >= 15 is 0 Å². The summed E-state index contributed by atoms with van der Waals surface area (Å²) in [6.45, 7) is 7.69. The molecule has 2 amide bonds. The number of anilines is 2. The third kappa shape index (κ3) is 8.68. The van der Waals surface area contributed by atoms with E-state index in [1.807, 2.05) is 100 Å². The fourth-order valence-corrected chi connectivity index (χ4v) is 5.94. The summed E-state index contributed by atoms with van der Waals surface area (Å²) < 4.78 is 13.5. The van der Waals surface area contributed by atoms with E-state index in [9.17, 15) is 9.59 Å². The van der Waals surface area contributed by atoms with Crippen molar-refractivity contribution in [3.8, 4) is 11.5 Å². The number of rotatable bonds is 10. The summed E-state index contributed by atoms with van der Waals surface area (Å²) in [6.07, 6.45) is 0.721. The number of halogens is 2. The number of ether oxygens (including phenoxy) is 2. The van der Waals surface area contributed by atoms with E-state index in [0.29, 0.717) is 11.4 Å². The lowest BCUT2D eigenvalue weighted by Crippen LogP contribution is -2.20. The molecular formula is C33H32Br2N2O4. The summed E-state index contributed by atoms with van der Waals surface area (Å²) in [5.74, 6) is 1.02. The summed E-state index contributed by atoms with van der Waals surface area (Å²) in [5.41, 5.74) is 7.51. The van der Waals surface area contributed by atoms with Crippen molar-refractivity contribution in [2.45, 2.75) is 34.1 Å². The Morgan fingerprint density at radius 1 is 0.585 bits per heavy atom. The number of nitrogens with one attached hydrogen (secondary N) is 2. The van der Waals surface area contributed by atoms with E-state index in [1.54, 1.807) is 0 Å². The van der Waals surface area contributed by atoms with Crippen LogP contribution in [0.25, 0.3) is 0 Å². The zero-order valence-corrected chi connectivity index (χ0v) is 26.6. The molecule has 41 heavy (non-hydrogen) atoms. The molecule has 0 spiro atoms. The predicted molar refractivity (Wildman–Crippen MR) is 171 cm³/mol. The molecular weight excluding hydrogens is 648 g/mol. The van der Waals surface area contributed by atoms with E-state index in [0.717, 1.165) is 60.2 Å². The second-order valence-corrected chi connectivity index (χ2v) is 11.8. The summed E-state index contributed by atoms with van der Waals surface area (Å²) in [6, 6.07) is 23.3. The largest absolute Gasteiger partial charge is 0.483 e. The van der Waals surface area contributed by atoms with E-state index in [1.165, 1.54) is 0 Å². The molecule has 0 radical (unpaired) electrons. The quantitative estimate of drug-likeness (QED) is 0.178. The maximum absolute atomic E-state index is 12.4. The van der Waals surface area contributed by atoms with Gasteiger partial charge in [0.05, 0.1) is 0 Å². The summed E-state index contributed by atoms with van der Waals surface area (Å²) in [4.78, 5) is 24.9. The number of aryl methyl sites for hydroxylation is 4. The SMILES string of the molecule is Cc1cc(Br)cc(C)c1OCC(=O)Nc1ccc(Cc2ccc(NC(=O)COc3c(C)cc(Br)cc3C)cc2)cc1. The maximum Gasteiger partial charge on any atom is 0.262 e. The zero-order valence-electron chi connectivity index (χ0n) is 23.4. The Balaban J connectivity index is 1.24. The minimum absolute atomic E-state index is 0.0659. The Morgan fingerprint density at radius 2 is 0.902 bits per heavy atom. The molecule has 0 atom stereocenters. The molecule has 0 heterocycles. The average molecular weight is 680 g/mol. The van der Waals surface area contributed by atoms with Gasteiger partial charge in [-0.3, -0.25) is 9.59 Å². The second-order valence-electron chi connectivity index (χ2n) is 9.98. The van der Waals surface area contributed by atoms with Gasteiger partial charge in [0.1, 0.15) is 11.5 Å². The van der Waals surface area contributed by atoms with Gasteiger partial charge in [-0.05, 0) is 116 Å². The number of benzene rings is 4. The van der Waals surface area contributed by atoms with Gasteiger partial charge in [0.2, 0.25) is 0 Å². The zero-order chi connectivity index (χ0) is 29.5. The summed E-state index contributed by atoms with van der Waals surface area (Å²) in [7, 11) is 0. The van der Waals surface area contributed by atoms with Crippen LogP contribution in [0.15, 0.2) is 81.7 Å². The topological polar surface area (TPSA) is 76.7 Å². The lowest BCUT2D eigenvalue weighted by Gasteiger charge is -2.13. The highest BCUT2D eigenvalue weighted by atomic mass is 79.9. The summed E-state index contributed by atoms with van der Waals surface area (Å²) in [5, 5.41) is 5.77. The third-order valence-corrected chi connectivity index (χ3v) is 7.34. The second kappa shape index (κ2) is 13.8. The van der Waals surface area contributed by atoms with Crippen LogP contribution in [0, 0.1) is 27.7 Å². The van der Waals surface area contributed by atoms with Crippen molar-refractivity contribution < 1.29 is 19.1 Å². The molecule has 6 nitrogen and oxygen atoms in total. The van der Waals surface area contributed by atoms with Crippen molar-refractivity contribution in [3.63, 3.8) is 0 Å². The Morgan fingerprint density at radius 3 is 1.22 bits per heavy atom. The molecule has 0 aliphatic heterocycles. The van der Waals surface area contributed by atoms with Crippen LogP contribution in [-0.4, -0.2) is 25.0 Å². The van der Waals surface area contributed by atoms with Crippen LogP contribution in [0.2, 0.25) is 0 Å². The first kappa shape index (κ1) is 30.3. The van der Waals surface area contributed by atoms with E-state index < -0.39 is 0 Å². The smallest absolute Gasteiger partial charge is 0.262 e. The first-order valence-corrected chi connectivity index (χ1v) is 14.7. The molecule has 0 aromatic heterocycles. The van der Waals surface area contributed by atoms with Gasteiger partial charge in [-0.1, -0.05) is 56.1 Å². The molecule has 4 aromatic rings. The number of amides is 2. The van der Waals surface area contributed by atoms with Gasteiger partial charge in [0.15, 0.2) is 13.2 Å². The Labute approximate surface area is 257 Å². The number of hydrogen-bond acceptors (Lipinski definition) is 4. The molecule has 2 N–H and O–H groups in total. The molecule has 4 rings (SSSR count). The highest BCUT2D eigenvalue weighted by molar-refractivity contribution is 9.10. The predicted octanol–water partition coefficient (Wildman–Crippen LogP) is 8.07. The van der Waals surface area contributed by atoms with Gasteiger partial charge < -0.3 is 20.1 Å². The van der Waals surface area contributed by atoms with Gasteiger partial charge in [0, 0.05) is 20.3 Å².